The standard InChI is InChI=1S/C12H19NOS/c1-12(2)5-11(8-15-9-12)13-6-10-3-4-14-7-10/h3-4,7,11,13H,5-6,8-9H2,1-2H3. The molecule has 1 N–H and O–H groups in total. The lowest BCUT2D eigenvalue weighted by Gasteiger charge is -2.35. The average molecular weight is 225 g/mol. The Morgan fingerprint density at radius 2 is 2.47 bits per heavy atom. The van der Waals surface area contributed by atoms with Gasteiger partial charge in [-0.05, 0) is 23.7 Å². The summed E-state index contributed by atoms with van der Waals surface area (Å²) in [4.78, 5) is 0. The van der Waals surface area contributed by atoms with Crippen LogP contribution < -0.4 is 5.32 Å². The fraction of sp³-hybridized carbons (Fsp3) is 0.667. The summed E-state index contributed by atoms with van der Waals surface area (Å²) in [5, 5.41) is 3.60. The van der Waals surface area contributed by atoms with Crippen LogP contribution in [0.5, 0.6) is 0 Å². The number of thioether (sulfide) groups is 1. The molecule has 2 nitrogen and oxygen atoms in total. The second-order valence-corrected chi connectivity index (χ2v) is 6.12. The van der Waals surface area contributed by atoms with Crippen molar-refractivity contribution in [2.24, 2.45) is 5.41 Å². The molecule has 1 unspecified atom stereocenters. The largest absolute Gasteiger partial charge is 0.472 e. The molecule has 1 saturated heterocycles. The summed E-state index contributed by atoms with van der Waals surface area (Å²) < 4.78 is 5.05. The van der Waals surface area contributed by atoms with Gasteiger partial charge in [0.05, 0.1) is 12.5 Å². The lowest BCUT2D eigenvalue weighted by molar-refractivity contribution is 0.317. The molecule has 1 aliphatic heterocycles. The molecule has 1 aromatic heterocycles. The molecule has 1 aromatic rings. The maximum absolute atomic E-state index is 5.05. The lowest BCUT2D eigenvalue weighted by atomic mass is 9.88. The van der Waals surface area contributed by atoms with Crippen molar-refractivity contribution in [2.75, 3.05) is 11.5 Å². The molecule has 84 valence electrons. The van der Waals surface area contributed by atoms with Gasteiger partial charge < -0.3 is 9.73 Å². The van der Waals surface area contributed by atoms with E-state index in [2.05, 4.69) is 30.9 Å². The van der Waals surface area contributed by atoms with Crippen molar-refractivity contribution in [3.63, 3.8) is 0 Å². The summed E-state index contributed by atoms with van der Waals surface area (Å²) in [6, 6.07) is 2.67. The third-order valence-corrected chi connectivity index (χ3v) is 4.41. The van der Waals surface area contributed by atoms with Crippen molar-refractivity contribution < 1.29 is 4.42 Å². The normalized spacial score (nSPS) is 25.3. The van der Waals surface area contributed by atoms with E-state index < -0.39 is 0 Å². The zero-order valence-electron chi connectivity index (χ0n) is 9.45. The van der Waals surface area contributed by atoms with Gasteiger partial charge in [0.25, 0.3) is 0 Å². The minimum atomic E-state index is 0.483. The summed E-state index contributed by atoms with van der Waals surface area (Å²) in [7, 11) is 0. The van der Waals surface area contributed by atoms with E-state index >= 15 is 0 Å². The monoisotopic (exact) mass is 225 g/mol. The van der Waals surface area contributed by atoms with Gasteiger partial charge in [0, 0.05) is 23.9 Å². The van der Waals surface area contributed by atoms with Crippen LogP contribution in [-0.4, -0.2) is 17.5 Å². The van der Waals surface area contributed by atoms with Crippen LogP contribution in [-0.2, 0) is 6.54 Å². The van der Waals surface area contributed by atoms with Gasteiger partial charge in [-0.25, -0.2) is 0 Å². The van der Waals surface area contributed by atoms with Gasteiger partial charge >= 0.3 is 0 Å². The molecule has 0 saturated carbocycles. The molecule has 0 radical (unpaired) electrons. The summed E-state index contributed by atoms with van der Waals surface area (Å²) in [6.45, 7) is 5.63. The van der Waals surface area contributed by atoms with Gasteiger partial charge in [0.1, 0.15) is 0 Å². The van der Waals surface area contributed by atoms with E-state index in [0.29, 0.717) is 11.5 Å². The van der Waals surface area contributed by atoms with Crippen LogP contribution in [0.4, 0.5) is 0 Å². The van der Waals surface area contributed by atoms with Gasteiger partial charge in [-0.2, -0.15) is 11.8 Å². The van der Waals surface area contributed by atoms with Crippen LogP contribution in [0.15, 0.2) is 23.0 Å². The van der Waals surface area contributed by atoms with E-state index in [4.69, 9.17) is 4.42 Å². The second kappa shape index (κ2) is 4.62. The Balaban J connectivity index is 1.80. The number of rotatable bonds is 3. The molecule has 2 heterocycles. The van der Waals surface area contributed by atoms with Gasteiger partial charge in [0.2, 0.25) is 0 Å². The SMILES string of the molecule is CC1(C)CSCC(NCc2ccoc2)C1. The number of hydrogen-bond acceptors (Lipinski definition) is 3. The smallest absolute Gasteiger partial charge is 0.0947 e. The summed E-state index contributed by atoms with van der Waals surface area (Å²) in [5.41, 5.74) is 1.72. The van der Waals surface area contributed by atoms with Crippen LogP contribution in [0.25, 0.3) is 0 Å². The minimum absolute atomic E-state index is 0.483. The Bertz CT molecular complexity index is 295. The van der Waals surface area contributed by atoms with Crippen molar-refractivity contribution in [1.82, 2.24) is 5.32 Å². The van der Waals surface area contributed by atoms with Crippen molar-refractivity contribution in [1.29, 1.82) is 0 Å². The summed E-state index contributed by atoms with van der Waals surface area (Å²) in [5.74, 6) is 2.53. The predicted octanol–water partition coefficient (Wildman–Crippen LogP) is 2.90. The Morgan fingerprint density at radius 1 is 1.60 bits per heavy atom. The molecule has 0 bridgehead atoms. The third-order valence-electron chi connectivity index (χ3n) is 2.79. The topological polar surface area (TPSA) is 25.2 Å². The number of nitrogens with one attached hydrogen (secondary N) is 1. The number of hydrogen-bond donors (Lipinski definition) is 1. The number of furan rings is 1. The van der Waals surface area contributed by atoms with E-state index in [-0.39, 0.29) is 0 Å². The summed E-state index contributed by atoms with van der Waals surface area (Å²) >= 11 is 2.06. The van der Waals surface area contributed by atoms with Crippen LogP contribution in [0.1, 0.15) is 25.8 Å². The first-order valence-corrected chi connectivity index (χ1v) is 6.63. The van der Waals surface area contributed by atoms with E-state index in [0.717, 1.165) is 6.54 Å². The zero-order valence-corrected chi connectivity index (χ0v) is 10.3. The molecule has 1 atom stereocenters. The molecule has 1 aliphatic rings. The highest BCUT2D eigenvalue weighted by molar-refractivity contribution is 7.99. The van der Waals surface area contributed by atoms with Crippen LogP contribution in [0.2, 0.25) is 0 Å². The minimum Gasteiger partial charge on any atom is -0.472 e. The van der Waals surface area contributed by atoms with Crippen molar-refractivity contribution in [3.05, 3.63) is 24.2 Å². The van der Waals surface area contributed by atoms with Crippen molar-refractivity contribution in [3.8, 4) is 0 Å². The first-order valence-electron chi connectivity index (χ1n) is 5.48. The maximum atomic E-state index is 5.05. The molecule has 0 amide bonds. The average Bonchev–Trinajstić information content (AvgIpc) is 2.65. The van der Waals surface area contributed by atoms with Crippen molar-refractivity contribution >= 4 is 11.8 Å². The van der Waals surface area contributed by atoms with Crippen LogP contribution in [0.3, 0.4) is 0 Å². The molecule has 0 aromatic carbocycles. The van der Waals surface area contributed by atoms with Gasteiger partial charge in [-0.1, -0.05) is 13.8 Å². The zero-order chi connectivity index (χ0) is 10.7. The molecular weight excluding hydrogens is 206 g/mol. The third kappa shape index (κ3) is 3.28. The maximum Gasteiger partial charge on any atom is 0.0947 e. The molecule has 1 fully saturated rings. The van der Waals surface area contributed by atoms with E-state index in [1.54, 1.807) is 6.26 Å². The fourth-order valence-electron chi connectivity index (χ4n) is 2.05. The molecule has 15 heavy (non-hydrogen) atoms. The molecule has 0 spiro atoms. The first-order chi connectivity index (χ1) is 7.16. The highest BCUT2D eigenvalue weighted by Crippen LogP contribution is 2.33. The molecule has 3 heteroatoms. The lowest BCUT2D eigenvalue weighted by Crippen LogP contribution is -2.39. The molecular formula is C12H19NOS. The molecule has 2 rings (SSSR count). The van der Waals surface area contributed by atoms with Gasteiger partial charge in [-0.3, -0.25) is 0 Å². The quantitative estimate of drug-likeness (QED) is 0.856. The molecule has 0 aliphatic carbocycles. The van der Waals surface area contributed by atoms with Crippen LogP contribution >= 0.6 is 11.8 Å². The predicted molar refractivity (Wildman–Crippen MR) is 65.1 cm³/mol. The van der Waals surface area contributed by atoms with Crippen molar-refractivity contribution in [2.45, 2.75) is 32.9 Å². The van der Waals surface area contributed by atoms with Crippen LogP contribution in [0, 0.1) is 5.41 Å². The Morgan fingerprint density at radius 3 is 3.13 bits per heavy atom. The van der Waals surface area contributed by atoms with Gasteiger partial charge in [-0.15, -0.1) is 0 Å². The van der Waals surface area contributed by atoms with E-state index in [9.17, 15) is 0 Å². The van der Waals surface area contributed by atoms with E-state index in [1.165, 1.54) is 23.5 Å². The fourth-order valence-corrected chi connectivity index (χ4v) is 3.36. The summed E-state index contributed by atoms with van der Waals surface area (Å²) in [6.07, 6.45) is 4.82. The Hall–Kier alpha value is -0.410. The Kier molecular flexibility index (Phi) is 3.42. The van der Waals surface area contributed by atoms with E-state index in [1.807, 2.05) is 12.3 Å². The first kappa shape index (κ1) is 11.1. The highest BCUT2D eigenvalue weighted by atomic mass is 32.2. The highest BCUT2D eigenvalue weighted by Gasteiger charge is 2.27. The van der Waals surface area contributed by atoms with Gasteiger partial charge in [0.15, 0.2) is 0 Å². The second-order valence-electron chi connectivity index (χ2n) is 5.09. The Labute approximate surface area is 95.8 Å².